The molecule has 0 aliphatic heterocycles. The average Bonchev–Trinajstić information content (AvgIpc) is 3.23. The molecule has 160 valence electrons. The third-order valence-corrected chi connectivity index (χ3v) is 4.82. The van der Waals surface area contributed by atoms with Gasteiger partial charge < -0.3 is 25.4 Å². The van der Waals surface area contributed by atoms with Gasteiger partial charge in [-0.15, -0.1) is 35.3 Å². The molecule has 1 heterocycles. The monoisotopic (exact) mass is 532 g/mol. The van der Waals surface area contributed by atoms with Gasteiger partial charge in [0.15, 0.2) is 24.1 Å². The summed E-state index contributed by atoms with van der Waals surface area (Å²) in [6.45, 7) is 3.81. The van der Waals surface area contributed by atoms with E-state index in [0.29, 0.717) is 24.6 Å². The average molecular weight is 532 g/mol. The van der Waals surface area contributed by atoms with Crippen LogP contribution in [0.2, 0.25) is 0 Å². The zero-order valence-corrected chi connectivity index (χ0v) is 20.1. The lowest BCUT2D eigenvalue weighted by Gasteiger charge is -2.14. The quantitative estimate of drug-likeness (QED) is 0.249. The number of carbonyl (C=O) groups excluding carboxylic acids is 1. The van der Waals surface area contributed by atoms with Gasteiger partial charge in [-0.3, -0.25) is 9.79 Å². The van der Waals surface area contributed by atoms with Crippen molar-refractivity contribution in [1.29, 1.82) is 0 Å². The molecular formula is C20H29IN4O3S. The van der Waals surface area contributed by atoms with Crippen LogP contribution in [0.3, 0.4) is 0 Å². The van der Waals surface area contributed by atoms with Gasteiger partial charge in [-0.25, -0.2) is 0 Å². The second-order valence-electron chi connectivity index (χ2n) is 5.91. The number of nitrogens with one attached hydrogen (secondary N) is 3. The summed E-state index contributed by atoms with van der Waals surface area (Å²) < 4.78 is 10.9. The summed E-state index contributed by atoms with van der Waals surface area (Å²) in [7, 11) is 3.33. The first-order valence-electron chi connectivity index (χ1n) is 9.19. The molecule has 1 aromatic carbocycles. The van der Waals surface area contributed by atoms with Crippen molar-refractivity contribution in [2.75, 3.05) is 33.9 Å². The molecule has 9 heteroatoms. The highest BCUT2D eigenvalue weighted by Crippen LogP contribution is 2.28. The molecule has 0 radical (unpaired) electrons. The van der Waals surface area contributed by atoms with E-state index in [1.165, 1.54) is 4.88 Å². The number of methoxy groups -OCH3 is 1. The number of halogens is 1. The van der Waals surface area contributed by atoms with Gasteiger partial charge in [0.25, 0.3) is 5.91 Å². The number of amides is 1. The van der Waals surface area contributed by atoms with Crippen molar-refractivity contribution in [2.24, 2.45) is 4.99 Å². The number of rotatable bonds is 10. The number of ether oxygens (including phenoxy) is 2. The summed E-state index contributed by atoms with van der Waals surface area (Å²) in [5.74, 6) is 1.71. The number of carbonyl (C=O) groups is 1. The lowest BCUT2D eigenvalue weighted by atomic mass is 10.2. The maximum atomic E-state index is 11.5. The minimum atomic E-state index is -0.160. The van der Waals surface area contributed by atoms with E-state index >= 15 is 0 Å². The van der Waals surface area contributed by atoms with Crippen molar-refractivity contribution in [1.82, 2.24) is 16.0 Å². The Kier molecular flexibility index (Phi) is 12.1. The molecule has 1 amide bonds. The van der Waals surface area contributed by atoms with Gasteiger partial charge in [0.05, 0.1) is 7.11 Å². The summed E-state index contributed by atoms with van der Waals surface area (Å²) >= 11 is 1.76. The van der Waals surface area contributed by atoms with E-state index in [-0.39, 0.29) is 36.5 Å². The molecule has 0 spiro atoms. The van der Waals surface area contributed by atoms with Gasteiger partial charge in [-0.1, -0.05) is 12.1 Å². The first kappa shape index (κ1) is 25.0. The molecule has 2 rings (SSSR count). The third kappa shape index (κ3) is 8.90. The molecule has 3 N–H and O–H groups in total. The Hall–Kier alpha value is -2.01. The number of likely N-dealkylation sites (N-methyl/N-ethyl adjacent to an activating group) is 1. The molecule has 0 aliphatic carbocycles. The van der Waals surface area contributed by atoms with Crippen molar-refractivity contribution >= 4 is 47.2 Å². The predicted molar refractivity (Wildman–Crippen MR) is 129 cm³/mol. The molecule has 0 atom stereocenters. The van der Waals surface area contributed by atoms with E-state index in [9.17, 15) is 4.79 Å². The standard InChI is InChI=1S/C20H28N4O3S.HI/c1-4-22-19(25)14-27-17-8-7-15(12-18(17)26-3)13-24-20(21-2)23-10-9-16-6-5-11-28-16;/h5-8,11-12H,4,9-10,13-14H2,1-3H3,(H,22,25)(H2,21,23,24);1H. The molecule has 0 aliphatic rings. The van der Waals surface area contributed by atoms with Crippen molar-refractivity contribution in [3.63, 3.8) is 0 Å². The summed E-state index contributed by atoms with van der Waals surface area (Å²) in [6.07, 6.45) is 0.962. The Morgan fingerprint density at radius 2 is 2.00 bits per heavy atom. The molecule has 29 heavy (non-hydrogen) atoms. The Bertz CT molecular complexity index is 769. The predicted octanol–water partition coefficient (Wildman–Crippen LogP) is 2.80. The van der Waals surface area contributed by atoms with E-state index in [2.05, 4.69) is 38.5 Å². The van der Waals surface area contributed by atoms with E-state index in [4.69, 9.17) is 9.47 Å². The minimum Gasteiger partial charge on any atom is -0.493 e. The molecule has 0 fully saturated rings. The number of nitrogens with zero attached hydrogens (tertiary/aromatic N) is 1. The second-order valence-corrected chi connectivity index (χ2v) is 6.94. The third-order valence-electron chi connectivity index (χ3n) is 3.89. The molecular weight excluding hydrogens is 503 g/mol. The van der Waals surface area contributed by atoms with Gasteiger partial charge in [0, 0.05) is 31.6 Å². The van der Waals surface area contributed by atoms with E-state index < -0.39 is 0 Å². The van der Waals surface area contributed by atoms with Crippen LogP contribution in [0.1, 0.15) is 17.4 Å². The molecule has 0 unspecified atom stereocenters. The lowest BCUT2D eigenvalue weighted by molar-refractivity contribution is -0.123. The van der Waals surface area contributed by atoms with Gasteiger partial charge in [-0.2, -0.15) is 0 Å². The number of hydrogen-bond acceptors (Lipinski definition) is 5. The van der Waals surface area contributed by atoms with Crippen molar-refractivity contribution in [3.8, 4) is 11.5 Å². The molecule has 0 saturated carbocycles. The highest BCUT2D eigenvalue weighted by Gasteiger charge is 2.09. The Morgan fingerprint density at radius 3 is 2.66 bits per heavy atom. The zero-order chi connectivity index (χ0) is 20.2. The van der Waals surface area contributed by atoms with Crippen LogP contribution in [0.4, 0.5) is 0 Å². The van der Waals surface area contributed by atoms with Crippen LogP contribution in [0.5, 0.6) is 11.5 Å². The van der Waals surface area contributed by atoms with Crippen LogP contribution in [-0.2, 0) is 17.8 Å². The normalized spacial score (nSPS) is 10.7. The van der Waals surface area contributed by atoms with Crippen molar-refractivity contribution in [2.45, 2.75) is 19.9 Å². The number of thiophene rings is 1. The maximum Gasteiger partial charge on any atom is 0.257 e. The maximum absolute atomic E-state index is 11.5. The van der Waals surface area contributed by atoms with Crippen LogP contribution in [0.25, 0.3) is 0 Å². The molecule has 0 bridgehead atoms. The van der Waals surface area contributed by atoms with E-state index in [1.54, 1.807) is 25.5 Å². The SMILES string of the molecule is CCNC(=O)COc1ccc(CNC(=NC)NCCc2cccs2)cc1OC.I. The fourth-order valence-electron chi connectivity index (χ4n) is 2.50. The molecule has 1 aromatic heterocycles. The summed E-state index contributed by atoms with van der Waals surface area (Å²) in [4.78, 5) is 17.1. The van der Waals surface area contributed by atoms with Crippen LogP contribution in [-0.4, -0.2) is 45.7 Å². The van der Waals surface area contributed by atoms with Gasteiger partial charge >= 0.3 is 0 Å². The van der Waals surface area contributed by atoms with Gasteiger partial charge in [0.2, 0.25) is 0 Å². The highest BCUT2D eigenvalue weighted by atomic mass is 127. The highest BCUT2D eigenvalue weighted by molar-refractivity contribution is 14.0. The topological polar surface area (TPSA) is 84.0 Å². The lowest BCUT2D eigenvalue weighted by Crippen LogP contribution is -2.37. The fraction of sp³-hybridized carbons (Fsp3) is 0.400. The number of benzene rings is 1. The first-order valence-corrected chi connectivity index (χ1v) is 10.1. The number of guanidine groups is 1. The molecule has 7 nitrogen and oxygen atoms in total. The Balaban J connectivity index is 0.00000420. The number of hydrogen-bond donors (Lipinski definition) is 3. The van der Waals surface area contributed by atoms with E-state index in [0.717, 1.165) is 24.5 Å². The Labute approximate surface area is 193 Å². The van der Waals surface area contributed by atoms with Gasteiger partial charge in [-0.05, 0) is 42.5 Å². The minimum absolute atomic E-state index is 0. The van der Waals surface area contributed by atoms with Crippen molar-refractivity contribution < 1.29 is 14.3 Å². The summed E-state index contributed by atoms with van der Waals surface area (Å²) in [6, 6.07) is 9.82. The smallest absolute Gasteiger partial charge is 0.257 e. The van der Waals surface area contributed by atoms with E-state index in [1.807, 2.05) is 25.1 Å². The molecule has 0 saturated heterocycles. The molecule has 2 aromatic rings. The summed E-state index contributed by atoms with van der Waals surface area (Å²) in [5, 5.41) is 11.4. The van der Waals surface area contributed by atoms with Crippen LogP contribution >= 0.6 is 35.3 Å². The first-order chi connectivity index (χ1) is 13.7. The fourth-order valence-corrected chi connectivity index (χ4v) is 3.21. The summed E-state index contributed by atoms with van der Waals surface area (Å²) in [5.41, 5.74) is 1.02. The van der Waals surface area contributed by atoms with Crippen molar-refractivity contribution in [3.05, 3.63) is 46.2 Å². The van der Waals surface area contributed by atoms with Crippen LogP contribution in [0.15, 0.2) is 40.7 Å². The zero-order valence-electron chi connectivity index (χ0n) is 17.0. The van der Waals surface area contributed by atoms with Crippen LogP contribution < -0.4 is 25.4 Å². The largest absolute Gasteiger partial charge is 0.493 e. The second kappa shape index (κ2) is 14.0. The van der Waals surface area contributed by atoms with Gasteiger partial charge in [0.1, 0.15) is 0 Å². The Morgan fingerprint density at radius 1 is 1.17 bits per heavy atom. The number of aliphatic imine (C=N–C) groups is 1. The van der Waals surface area contributed by atoms with Crippen LogP contribution in [0, 0.1) is 0 Å².